The molecule has 11 rings (SSSR count). The highest BCUT2D eigenvalue weighted by atomic mass is 28.5. The van der Waals surface area contributed by atoms with Crippen LogP contribution in [0.1, 0.15) is 128 Å². The summed E-state index contributed by atoms with van der Waals surface area (Å²) >= 11 is 0. The van der Waals surface area contributed by atoms with E-state index < -0.39 is 42.8 Å². The lowest BCUT2D eigenvalue weighted by atomic mass is 9.88. The van der Waals surface area contributed by atoms with Crippen LogP contribution in [0.15, 0.2) is 0 Å². The highest BCUT2D eigenvalue weighted by Gasteiger charge is 2.59. The summed E-state index contributed by atoms with van der Waals surface area (Å²) in [4.78, 5) is 0. The lowest BCUT2D eigenvalue weighted by Crippen LogP contribution is -2.67. The first-order chi connectivity index (χ1) is 28.8. The molecule has 0 aromatic heterocycles. The largest absolute Gasteiger partial charge is 0.416 e. The highest BCUT2D eigenvalue weighted by Crippen LogP contribution is 2.49. The van der Waals surface area contributed by atoms with Crippen LogP contribution >= 0.6 is 0 Å². The standard InChI is InChI=1S/C45H80O10Si5/c1-56(21-16-31-6-11-36-41(26-31)46-36)51-57(2,22-17-32-7-12-37-42(27-32)47-37)53-59(4,24-19-34-9-14-39-44(29-34)49-39)55-60(5,25-20-35-10-15-40-45(30-35)50-40)54-58(3,52-56)23-18-33-8-13-38-43(28-33)48-38/h31-45H,6-30H2,1-5H3. The summed E-state index contributed by atoms with van der Waals surface area (Å²) in [5.41, 5.74) is 0. The minimum absolute atomic E-state index is 0.491. The van der Waals surface area contributed by atoms with E-state index >= 15 is 0 Å². The van der Waals surface area contributed by atoms with Gasteiger partial charge in [0.2, 0.25) is 0 Å². The van der Waals surface area contributed by atoms with Gasteiger partial charge in [-0.15, -0.1) is 0 Å². The molecule has 60 heavy (non-hydrogen) atoms. The fourth-order valence-corrected chi connectivity index (χ4v) is 43.7. The van der Waals surface area contributed by atoms with Crippen LogP contribution < -0.4 is 0 Å². The van der Waals surface area contributed by atoms with Gasteiger partial charge in [0.15, 0.2) is 0 Å². The third kappa shape index (κ3) is 10.6. The molecule has 15 unspecified atom stereocenters. The lowest BCUT2D eigenvalue weighted by Gasteiger charge is -2.51. The van der Waals surface area contributed by atoms with Crippen molar-refractivity contribution in [3.05, 3.63) is 0 Å². The van der Waals surface area contributed by atoms with Crippen LogP contribution in [-0.2, 0) is 44.3 Å². The van der Waals surface area contributed by atoms with E-state index in [1.807, 2.05) is 0 Å². The van der Waals surface area contributed by atoms with Crippen molar-refractivity contribution < 1.29 is 44.3 Å². The SMILES string of the molecule is C[Si]1(CCC2CCC3OC3C2)O[Si](C)(CCC2CCC3OC3C2)O[Si](C)(CCC2CCC3OC3C2)O[Si](C)(CCC2CCC3OC3C2)O[Si](C)(CCC2CCC3OC3C2)O1. The first-order valence-electron chi connectivity index (χ1n) is 25.5. The predicted molar refractivity (Wildman–Crippen MR) is 241 cm³/mol. The topological polar surface area (TPSA) is 109 Å². The molecular formula is C45H80O10Si5. The summed E-state index contributed by atoms with van der Waals surface area (Å²) in [6.45, 7) is 12.2. The average molecular weight is 922 g/mol. The molecule has 0 aromatic rings. The molecule has 6 aliphatic heterocycles. The van der Waals surface area contributed by atoms with Crippen molar-refractivity contribution >= 4 is 42.8 Å². The van der Waals surface area contributed by atoms with Crippen molar-refractivity contribution in [1.82, 2.24) is 0 Å². The zero-order valence-electron chi connectivity index (χ0n) is 37.9. The normalized spacial score (nSPS) is 55.2. The van der Waals surface area contributed by atoms with Crippen LogP contribution in [0.4, 0.5) is 0 Å². The van der Waals surface area contributed by atoms with Crippen molar-refractivity contribution in [3.8, 4) is 0 Å². The van der Waals surface area contributed by atoms with Gasteiger partial charge in [0, 0.05) is 0 Å². The summed E-state index contributed by atoms with van der Waals surface area (Å²) in [6, 6.07) is 5.08. The molecule has 0 amide bonds. The van der Waals surface area contributed by atoms with E-state index in [1.54, 1.807) is 0 Å². The maximum atomic E-state index is 7.96. The fraction of sp³-hybridized carbons (Fsp3) is 1.00. The monoisotopic (exact) mass is 920 g/mol. The molecule has 5 saturated carbocycles. The molecule has 10 nitrogen and oxygen atoms in total. The van der Waals surface area contributed by atoms with Crippen LogP contribution in [0.2, 0.25) is 63.0 Å². The van der Waals surface area contributed by atoms with Gasteiger partial charge in [-0.05, 0) is 221 Å². The van der Waals surface area contributed by atoms with Gasteiger partial charge in [0.25, 0.3) is 0 Å². The van der Waals surface area contributed by atoms with Crippen molar-refractivity contribution in [1.29, 1.82) is 0 Å². The molecule has 6 saturated heterocycles. The van der Waals surface area contributed by atoms with Gasteiger partial charge in [-0.25, -0.2) is 0 Å². The van der Waals surface area contributed by atoms with Gasteiger partial charge in [-0.1, -0.05) is 0 Å². The molecule has 15 atom stereocenters. The Hall–Kier alpha value is 0.684. The van der Waals surface area contributed by atoms with Crippen LogP contribution in [0.5, 0.6) is 0 Å². The Kier molecular flexibility index (Phi) is 12.1. The molecule has 0 radical (unpaired) electrons. The molecule has 340 valence electrons. The predicted octanol–water partition coefficient (Wildman–Crippen LogP) is 10.2. The Balaban J connectivity index is 0.902. The molecule has 11 aliphatic rings. The highest BCUT2D eigenvalue weighted by molar-refractivity contribution is 6.94. The number of rotatable bonds is 15. The number of hydrogen-bond acceptors (Lipinski definition) is 10. The van der Waals surface area contributed by atoms with E-state index in [4.69, 9.17) is 44.3 Å². The zero-order valence-corrected chi connectivity index (χ0v) is 42.9. The van der Waals surface area contributed by atoms with Gasteiger partial charge in [-0.3, -0.25) is 0 Å². The minimum Gasteiger partial charge on any atom is -0.416 e. The van der Waals surface area contributed by atoms with Gasteiger partial charge in [0.1, 0.15) is 0 Å². The molecule has 0 aromatic carbocycles. The first-order valence-corrected chi connectivity index (χ1v) is 38.2. The second kappa shape index (κ2) is 16.8. The van der Waals surface area contributed by atoms with E-state index in [1.165, 1.54) is 96.3 Å². The maximum absolute atomic E-state index is 7.96. The Morgan fingerprint density at radius 3 is 0.617 bits per heavy atom. The minimum atomic E-state index is -2.82. The summed E-state index contributed by atoms with van der Waals surface area (Å²) in [7, 11) is -14.1. The second-order valence-electron chi connectivity index (χ2n) is 23.3. The van der Waals surface area contributed by atoms with E-state index in [0.29, 0.717) is 90.6 Å². The number of fused-ring (bicyclic) bond motifs is 5. The molecule has 11 fully saturated rings. The van der Waals surface area contributed by atoms with Crippen molar-refractivity contribution in [2.45, 2.75) is 252 Å². The quantitative estimate of drug-likeness (QED) is 0.116. The Morgan fingerprint density at radius 2 is 0.450 bits per heavy atom. The fourth-order valence-electron chi connectivity index (χ4n) is 14.0. The van der Waals surface area contributed by atoms with Crippen LogP contribution in [-0.4, -0.2) is 104 Å². The van der Waals surface area contributed by atoms with Gasteiger partial charge < -0.3 is 44.3 Å². The van der Waals surface area contributed by atoms with Crippen molar-refractivity contribution in [2.75, 3.05) is 0 Å². The first kappa shape index (κ1) is 43.3. The van der Waals surface area contributed by atoms with Gasteiger partial charge >= 0.3 is 42.8 Å². The van der Waals surface area contributed by atoms with Crippen LogP contribution in [0, 0.1) is 29.6 Å². The average Bonchev–Trinajstić information content (AvgIpc) is 4.00. The lowest BCUT2D eigenvalue weighted by molar-refractivity contribution is 0.211. The molecule has 15 heteroatoms. The summed E-state index contributed by atoms with van der Waals surface area (Å²) in [6.07, 6.45) is 29.3. The van der Waals surface area contributed by atoms with E-state index in [-0.39, 0.29) is 0 Å². The van der Waals surface area contributed by atoms with Crippen molar-refractivity contribution in [3.63, 3.8) is 0 Å². The second-order valence-corrected chi connectivity index (χ2v) is 41.3. The maximum Gasteiger partial charge on any atom is 0.317 e. The van der Waals surface area contributed by atoms with Gasteiger partial charge in [-0.2, -0.15) is 0 Å². The molecule has 0 spiro atoms. The van der Waals surface area contributed by atoms with E-state index in [9.17, 15) is 0 Å². The number of hydrogen-bond donors (Lipinski definition) is 0. The number of ether oxygens (including phenoxy) is 5. The van der Waals surface area contributed by atoms with Crippen LogP contribution in [0.25, 0.3) is 0 Å². The third-order valence-electron chi connectivity index (χ3n) is 17.8. The Morgan fingerprint density at radius 1 is 0.267 bits per heavy atom. The van der Waals surface area contributed by atoms with Crippen molar-refractivity contribution in [2.24, 2.45) is 29.6 Å². The summed E-state index contributed by atoms with van der Waals surface area (Å²) in [5.74, 6) is 3.42. The van der Waals surface area contributed by atoms with Crippen LogP contribution in [0.3, 0.4) is 0 Å². The molecule has 6 heterocycles. The number of epoxide rings is 5. The van der Waals surface area contributed by atoms with E-state index in [0.717, 1.165) is 62.3 Å². The Labute approximate surface area is 367 Å². The molecule has 5 aliphatic carbocycles. The van der Waals surface area contributed by atoms with E-state index in [2.05, 4.69) is 32.7 Å². The molecular weight excluding hydrogens is 841 g/mol. The Bertz CT molecular complexity index is 1280. The van der Waals surface area contributed by atoms with Gasteiger partial charge in [0.05, 0.1) is 61.0 Å². The third-order valence-corrected chi connectivity index (χ3v) is 41.0. The molecule has 0 bridgehead atoms. The summed E-state index contributed by atoms with van der Waals surface area (Å²) in [5, 5.41) is 0. The smallest absolute Gasteiger partial charge is 0.317 e. The summed E-state index contributed by atoms with van der Waals surface area (Å²) < 4.78 is 70.0. The molecule has 0 N–H and O–H groups in total. The zero-order chi connectivity index (χ0) is 40.9.